The van der Waals surface area contributed by atoms with Gasteiger partial charge in [0.2, 0.25) is 5.43 Å². The van der Waals surface area contributed by atoms with Gasteiger partial charge in [-0.2, -0.15) is 0 Å². The summed E-state index contributed by atoms with van der Waals surface area (Å²) in [7, 11) is 1.45. The van der Waals surface area contributed by atoms with E-state index in [0.717, 1.165) is 22.8 Å². The Morgan fingerprint density at radius 2 is 1.66 bits per heavy atom. The molecule has 5 nitrogen and oxygen atoms in total. The summed E-state index contributed by atoms with van der Waals surface area (Å²) in [6.07, 6.45) is 1.41. The molecular weight excluding hydrogens is 409 g/mol. The van der Waals surface area contributed by atoms with Crippen molar-refractivity contribution in [1.29, 1.82) is 0 Å². The Labute approximate surface area is 184 Å². The van der Waals surface area contributed by atoms with E-state index < -0.39 is 17.2 Å². The highest BCUT2D eigenvalue weighted by atomic mass is 19.1. The molecule has 4 aromatic rings. The van der Waals surface area contributed by atoms with E-state index in [-0.39, 0.29) is 23.1 Å². The van der Waals surface area contributed by atoms with Gasteiger partial charge in [-0.25, -0.2) is 9.18 Å². The number of rotatable bonds is 6. The second-order valence-corrected chi connectivity index (χ2v) is 7.26. The molecule has 0 fully saturated rings. The minimum atomic E-state index is -0.783. The number of esters is 1. The summed E-state index contributed by atoms with van der Waals surface area (Å²) < 4.78 is 26.8. The van der Waals surface area contributed by atoms with Crippen molar-refractivity contribution >= 4 is 16.9 Å². The van der Waals surface area contributed by atoms with Crippen LogP contribution in [0.3, 0.4) is 0 Å². The van der Waals surface area contributed by atoms with Crippen molar-refractivity contribution in [3.05, 3.63) is 100 Å². The molecule has 0 aliphatic carbocycles. The molecule has 32 heavy (non-hydrogen) atoms. The summed E-state index contributed by atoms with van der Waals surface area (Å²) in [5.41, 5.74) is 2.43. The number of carbonyl (C=O) groups excluding carboxylic acids is 1. The van der Waals surface area contributed by atoms with Gasteiger partial charge in [-0.05, 0) is 35.7 Å². The Kier molecular flexibility index (Phi) is 6.03. The van der Waals surface area contributed by atoms with Crippen molar-refractivity contribution in [2.24, 2.45) is 0 Å². The first-order valence-corrected chi connectivity index (χ1v) is 10.2. The van der Waals surface area contributed by atoms with Crippen LogP contribution in [0.5, 0.6) is 5.75 Å². The first-order chi connectivity index (χ1) is 15.5. The zero-order chi connectivity index (χ0) is 22.7. The van der Waals surface area contributed by atoms with Crippen molar-refractivity contribution in [3.63, 3.8) is 0 Å². The van der Waals surface area contributed by atoms with Crippen molar-refractivity contribution < 1.29 is 18.7 Å². The van der Waals surface area contributed by atoms with Gasteiger partial charge in [0.1, 0.15) is 17.1 Å². The lowest BCUT2D eigenvalue weighted by Crippen LogP contribution is -2.22. The summed E-state index contributed by atoms with van der Waals surface area (Å²) in [4.78, 5) is 25.3. The minimum absolute atomic E-state index is 0.109. The number of hydrogen-bond donors (Lipinski definition) is 0. The summed E-state index contributed by atoms with van der Waals surface area (Å²) in [5.74, 6) is -1.16. The van der Waals surface area contributed by atoms with Gasteiger partial charge in [0, 0.05) is 12.7 Å². The SMILES string of the molecule is CCOC(=O)c1cn(Cc2ccc(-c3ccccc3)cc2)c2c(OC)ccc(F)c2c1=O. The number of hydrogen-bond acceptors (Lipinski definition) is 4. The Balaban J connectivity index is 1.84. The standard InChI is InChI=1S/C26H22FNO4/c1-3-32-26(30)20-16-28(24-22(31-2)14-13-21(27)23(24)25(20)29)15-17-9-11-19(12-10-17)18-7-5-4-6-8-18/h4-14,16H,3,15H2,1-2H3. The van der Waals surface area contributed by atoms with Gasteiger partial charge < -0.3 is 14.0 Å². The summed E-state index contributed by atoms with van der Waals surface area (Å²) in [5, 5.41) is -0.198. The van der Waals surface area contributed by atoms with E-state index >= 15 is 0 Å². The molecule has 0 unspecified atom stereocenters. The number of nitrogens with zero attached hydrogens (tertiary/aromatic N) is 1. The molecule has 0 radical (unpaired) electrons. The lowest BCUT2D eigenvalue weighted by Gasteiger charge is -2.16. The number of ether oxygens (including phenoxy) is 2. The molecule has 0 aliphatic rings. The minimum Gasteiger partial charge on any atom is -0.495 e. The van der Waals surface area contributed by atoms with Crippen LogP contribution in [0.15, 0.2) is 77.7 Å². The zero-order valence-corrected chi connectivity index (χ0v) is 17.8. The monoisotopic (exact) mass is 431 g/mol. The fraction of sp³-hybridized carbons (Fsp3) is 0.154. The van der Waals surface area contributed by atoms with Gasteiger partial charge >= 0.3 is 5.97 Å². The van der Waals surface area contributed by atoms with Crippen molar-refractivity contribution in [2.45, 2.75) is 13.5 Å². The highest BCUT2D eigenvalue weighted by Gasteiger charge is 2.21. The molecule has 6 heteroatoms. The normalized spacial score (nSPS) is 10.8. The molecule has 0 N–H and O–H groups in total. The highest BCUT2D eigenvalue weighted by Crippen LogP contribution is 2.28. The Morgan fingerprint density at radius 3 is 2.31 bits per heavy atom. The van der Waals surface area contributed by atoms with Crippen LogP contribution in [0.25, 0.3) is 22.0 Å². The summed E-state index contributed by atoms with van der Waals surface area (Å²) in [6, 6.07) is 20.5. The largest absolute Gasteiger partial charge is 0.495 e. The molecule has 0 saturated heterocycles. The number of benzene rings is 3. The fourth-order valence-electron chi connectivity index (χ4n) is 3.74. The Morgan fingerprint density at radius 1 is 0.969 bits per heavy atom. The van der Waals surface area contributed by atoms with Crippen LogP contribution in [-0.4, -0.2) is 24.3 Å². The van der Waals surface area contributed by atoms with Gasteiger partial charge in [-0.15, -0.1) is 0 Å². The average molecular weight is 431 g/mol. The van der Waals surface area contributed by atoms with E-state index in [1.165, 1.54) is 19.4 Å². The van der Waals surface area contributed by atoms with Gasteiger partial charge in [0.25, 0.3) is 0 Å². The fourth-order valence-corrected chi connectivity index (χ4v) is 3.74. The molecule has 0 bridgehead atoms. The maximum Gasteiger partial charge on any atom is 0.343 e. The molecular formula is C26H22FNO4. The average Bonchev–Trinajstić information content (AvgIpc) is 2.82. The molecule has 0 saturated carbocycles. The molecule has 0 atom stereocenters. The predicted molar refractivity (Wildman–Crippen MR) is 122 cm³/mol. The molecule has 162 valence electrons. The maximum atomic E-state index is 14.7. The van der Waals surface area contributed by atoms with Gasteiger partial charge in [-0.3, -0.25) is 4.79 Å². The van der Waals surface area contributed by atoms with Crippen LogP contribution in [-0.2, 0) is 11.3 Å². The van der Waals surface area contributed by atoms with Crippen molar-refractivity contribution in [1.82, 2.24) is 4.57 Å². The predicted octanol–water partition coefficient (Wildman–Crippen LogP) is 5.04. The van der Waals surface area contributed by atoms with Crippen LogP contribution < -0.4 is 10.2 Å². The second-order valence-electron chi connectivity index (χ2n) is 7.26. The van der Waals surface area contributed by atoms with E-state index in [2.05, 4.69) is 0 Å². The van der Waals surface area contributed by atoms with E-state index in [1.807, 2.05) is 54.6 Å². The topological polar surface area (TPSA) is 57.5 Å². The third-order valence-corrected chi connectivity index (χ3v) is 5.26. The Bertz CT molecular complexity index is 1330. The molecule has 4 rings (SSSR count). The van der Waals surface area contributed by atoms with Gasteiger partial charge in [0.05, 0.1) is 24.6 Å². The van der Waals surface area contributed by atoms with Crippen LogP contribution in [0, 0.1) is 5.82 Å². The Hall–Kier alpha value is -3.93. The van der Waals surface area contributed by atoms with Crippen LogP contribution in [0.2, 0.25) is 0 Å². The van der Waals surface area contributed by atoms with E-state index in [9.17, 15) is 14.0 Å². The molecule has 1 heterocycles. The van der Waals surface area contributed by atoms with E-state index in [1.54, 1.807) is 11.5 Å². The number of fused-ring (bicyclic) bond motifs is 1. The molecule has 1 aromatic heterocycles. The quantitative estimate of drug-likeness (QED) is 0.401. The van der Waals surface area contributed by atoms with Crippen molar-refractivity contribution in [3.8, 4) is 16.9 Å². The first kappa shape index (κ1) is 21.3. The van der Waals surface area contributed by atoms with Crippen LogP contribution in [0.4, 0.5) is 4.39 Å². The highest BCUT2D eigenvalue weighted by molar-refractivity contribution is 5.95. The smallest absolute Gasteiger partial charge is 0.343 e. The lowest BCUT2D eigenvalue weighted by atomic mass is 10.0. The third kappa shape index (κ3) is 3.99. The zero-order valence-electron chi connectivity index (χ0n) is 17.8. The van der Waals surface area contributed by atoms with Gasteiger partial charge in [-0.1, -0.05) is 54.6 Å². The maximum absolute atomic E-state index is 14.7. The molecule has 0 aliphatic heterocycles. The van der Waals surface area contributed by atoms with Crippen LogP contribution in [0.1, 0.15) is 22.8 Å². The molecule has 0 spiro atoms. The number of methoxy groups -OCH3 is 1. The number of aromatic nitrogens is 1. The number of carbonyl (C=O) groups is 1. The van der Waals surface area contributed by atoms with Gasteiger partial charge in [0.15, 0.2) is 0 Å². The summed E-state index contributed by atoms with van der Waals surface area (Å²) >= 11 is 0. The van der Waals surface area contributed by atoms with E-state index in [0.29, 0.717) is 12.3 Å². The van der Waals surface area contributed by atoms with Crippen LogP contribution >= 0.6 is 0 Å². The number of pyridine rings is 1. The number of halogens is 1. The third-order valence-electron chi connectivity index (χ3n) is 5.26. The molecule has 0 amide bonds. The first-order valence-electron chi connectivity index (χ1n) is 10.2. The second kappa shape index (κ2) is 9.06. The van der Waals surface area contributed by atoms with E-state index in [4.69, 9.17) is 9.47 Å². The van der Waals surface area contributed by atoms with Crippen molar-refractivity contribution in [2.75, 3.05) is 13.7 Å². The lowest BCUT2D eigenvalue weighted by molar-refractivity contribution is 0.0524. The molecule has 3 aromatic carbocycles. The summed E-state index contributed by atoms with van der Waals surface area (Å²) in [6.45, 7) is 2.06.